The number of hydrogen-bond donors (Lipinski definition) is 2. The van der Waals surface area contributed by atoms with E-state index in [2.05, 4.69) is 10.3 Å². The van der Waals surface area contributed by atoms with Crippen molar-refractivity contribution in [2.24, 2.45) is 13.0 Å². The summed E-state index contributed by atoms with van der Waals surface area (Å²) in [5.74, 6) is 0.170. The number of halogens is 2. The van der Waals surface area contributed by atoms with Crippen LogP contribution >= 0.6 is 34.5 Å². The van der Waals surface area contributed by atoms with Crippen molar-refractivity contribution in [2.75, 3.05) is 13.2 Å². The number of fused-ring (bicyclic) bond motifs is 1. The Morgan fingerprint density at radius 3 is 2.48 bits per heavy atom. The first-order valence-corrected chi connectivity index (χ1v) is 11.2. The Morgan fingerprint density at radius 1 is 1.26 bits per heavy atom. The molecule has 0 aliphatic carbocycles. The van der Waals surface area contributed by atoms with Gasteiger partial charge in [-0.3, -0.25) is 18.7 Å². The number of aromatic nitrogens is 4. The predicted octanol–water partition coefficient (Wildman–Crippen LogP) is 2.00. The van der Waals surface area contributed by atoms with Crippen molar-refractivity contribution >= 4 is 50.7 Å². The van der Waals surface area contributed by atoms with E-state index >= 15 is 0 Å². The van der Waals surface area contributed by atoms with Gasteiger partial charge in [0.2, 0.25) is 0 Å². The number of carbonyl (C=O) groups is 1. The molecule has 0 radical (unpaired) electrons. The molecule has 0 aliphatic rings. The van der Waals surface area contributed by atoms with E-state index in [4.69, 9.17) is 28.3 Å². The predicted molar refractivity (Wildman–Crippen MR) is 122 cm³/mol. The Labute approximate surface area is 191 Å². The Bertz CT molecular complexity index is 1270. The molecule has 0 spiro atoms. The third-order valence-corrected chi connectivity index (χ3v) is 6.72. The molecular formula is C19H23Cl2N5O4S. The maximum atomic E-state index is 13.1. The van der Waals surface area contributed by atoms with Crippen molar-refractivity contribution in [3.63, 3.8) is 0 Å². The lowest BCUT2D eigenvalue weighted by Crippen LogP contribution is -2.39. The maximum Gasteiger partial charge on any atom is 0.331 e. The number of amides is 1. The molecule has 3 heterocycles. The van der Waals surface area contributed by atoms with Gasteiger partial charge in [0.25, 0.3) is 11.5 Å². The summed E-state index contributed by atoms with van der Waals surface area (Å²) in [6, 6.07) is 0. The van der Waals surface area contributed by atoms with E-state index in [9.17, 15) is 14.4 Å². The first kappa shape index (κ1) is 23.5. The van der Waals surface area contributed by atoms with Crippen LogP contribution in [0.4, 0.5) is 0 Å². The van der Waals surface area contributed by atoms with Crippen molar-refractivity contribution < 1.29 is 9.90 Å². The summed E-state index contributed by atoms with van der Waals surface area (Å²) in [6.45, 7) is 5.96. The van der Waals surface area contributed by atoms with Crippen molar-refractivity contribution in [3.05, 3.63) is 47.4 Å². The number of hydrogen-bond acceptors (Lipinski definition) is 6. The highest BCUT2D eigenvalue weighted by atomic mass is 35.5. The van der Waals surface area contributed by atoms with E-state index in [0.29, 0.717) is 22.1 Å². The number of aryl methyl sites for hydroxylation is 1. The van der Waals surface area contributed by atoms with Crippen LogP contribution in [0.3, 0.4) is 0 Å². The van der Waals surface area contributed by atoms with Gasteiger partial charge in [-0.2, -0.15) is 0 Å². The molecule has 0 saturated carbocycles. The average molecular weight is 488 g/mol. The fraction of sp³-hybridized carbons (Fsp3) is 0.474. The van der Waals surface area contributed by atoms with Gasteiger partial charge in [-0.25, -0.2) is 9.78 Å². The average Bonchev–Trinajstić information content (AvgIpc) is 3.20. The molecule has 0 unspecified atom stereocenters. The fourth-order valence-electron chi connectivity index (χ4n) is 3.34. The molecule has 0 fully saturated rings. The Kier molecular flexibility index (Phi) is 6.95. The van der Waals surface area contributed by atoms with Crippen LogP contribution in [0.5, 0.6) is 0 Å². The van der Waals surface area contributed by atoms with E-state index in [0.717, 1.165) is 4.57 Å². The summed E-state index contributed by atoms with van der Waals surface area (Å²) in [6.07, 6.45) is 0. The van der Waals surface area contributed by atoms with Crippen LogP contribution in [0.15, 0.2) is 9.59 Å². The van der Waals surface area contributed by atoms with Crippen LogP contribution in [-0.4, -0.2) is 42.9 Å². The lowest BCUT2D eigenvalue weighted by Gasteiger charge is -2.12. The third-order valence-electron chi connectivity index (χ3n) is 4.78. The molecule has 3 aromatic heterocycles. The van der Waals surface area contributed by atoms with Crippen LogP contribution in [0.2, 0.25) is 10.3 Å². The molecule has 0 atom stereocenters. The highest BCUT2D eigenvalue weighted by Crippen LogP contribution is 2.32. The zero-order valence-corrected chi connectivity index (χ0v) is 19.9. The molecule has 12 heteroatoms. The van der Waals surface area contributed by atoms with Crippen LogP contribution in [0.25, 0.3) is 10.2 Å². The van der Waals surface area contributed by atoms with Crippen LogP contribution in [0, 0.1) is 12.8 Å². The summed E-state index contributed by atoms with van der Waals surface area (Å²) < 4.78 is 4.16. The smallest absolute Gasteiger partial charge is 0.331 e. The molecule has 0 saturated heterocycles. The van der Waals surface area contributed by atoms with Crippen molar-refractivity contribution in [2.45, 2.75) is 33.9 Å². The molecule has 31 heavy (non-hydrogen) atoms. The number of aliphatic hydroxyl groups is 1. The second-order valence-corrected chi connectivity index (χ2v) is 9.34. The zero-order valence-electron chi connectivity index (χ0n) is 17.5. The van der Waals surface area contributed by atoms with E-state index in [1.54, 1.807) is 11.5 Å². The molecule has 0 aromatic carbocycles. The Morgan fingerprint density at radius 2 is 1.94 bits per heavy atom. The normalized spacial score (nSPS) is 11.6. The summed E-state index contributed by atoms with van der Waals surface area (Å²) in [5, 5.41) is 12.2. The minimum absolute atomic E-state index is 0.0260. The van der Waals surface area contributed by atoms with Crippen molar-refractivity contribution in [1.29, 1.82) is 0 Å². The lowest BCUT2D eigenvalue weighted by atomic mass is 10.1. The second-order valence-electron chi connectivity index (χ2n) is 7.54. The monoisotopic (exact) mass is 487 g/mol. The van der Waals surface area contributed by atoms with Crippen LogP contribution in [0.1, 0.15) is 34.9 Å². The van der Waals surface area contributed by atoms with Crippen LogP contribution < -0.4 is 16.6 Å². The summed E-state index contributed by atoms with van der Waals surface area (Å²) in [5.41, 5.74) is -0.837. The van der Waals surface area contributed by atoms with Gasteiger partial charge in [-0.05, 0) is 12.8 Å². The topological polar surface area (TPSA) is 111 Å². The minimum atomic E-state index is -0.553. The Balaban J connectivity index is 2.35. The van der Waals surface area contributed by atoms with E-state index in [1.165, 1.54) is 23.0 Å². The molecule has 1 amide bonds. The lowest BCUT2D eigenvalue weighted by molar-refractivity contribution is 0.0945. The maximum absolute atomic E-state index is 13.1. The number of carbonyl (C=O) groups excluding carboxylic acids is 1. The quantitative estimate of drug-likeness (QED) is 0.529. The fourth-order valence-corrected chi connectivity index (χ4v) is 5.07. The van der Waals surface area contributed by atoms with Gasteiger partial charge < -0.3 is 15.0 Å². The SMILES string of the molecule is Cc1nc(Cl)c(Cl)n1Cc1sc2c(c1C(=O)NCCO)c(=O)n(C)c(=O)n2CC(C)C. The van der Waals surface area contributed by atoms with Gasteiger partial charge in [0, 0.05) is 25.0 Å². The first-order chi connectivity index (χ1) is 14.6. The highest BCUT2D eigenvalue weighted by molar-refractivity contribution is 7.19. The van der Waals surface area contributed by atoms with Gasteiger partial charge in [-0.1, -0.05) is 37.0 Å². The molecule has 0 aliphatic heterocycles. The second kappa shape index (κ2) is 9.15. The number of nitrogens with one attached hydrogen (secondary N) is 1. The zero-order chi connectivity index (χ0) is 23.0. The highest BCUT2D eigenvalue weighted by Gasteiger charge is 2.26. The summed E-state index contributed by atoms with van der Waals surface area (Å²) in [4.78, 5) is 44.0. The van der Waals surface area contributed by atoms with Gasteiger partial charge in [0.1, 0.15) is 15.8 Å². The van der Waals surface area contributed by atoms with Gasteiger partial charge in [0.05, 0.1) is 24.1 Å². The van der Waals surface area contributed by atoms with Gasteiger partial charge >= 0.3 is 5.69 Å². The molecule has 3 rings (SSSR count). The molecule has 2 N–H and O–H groups in total. The van der Waals surface area contributed by atoms with E-state index in [-0.39, 0.29) is 46.9 Å². The minimum Gasteiger partial charge on any atom is -0.395 e. The summed E-state index contributed by atoms with van der Waals surface area (Å²) in [7, 11) is 1.39. The standard InChI is InChI=1S/C19H23Cl2N5O4S/c1-9(2)7-26-18-13(17(29)24(4)19(26)30)12(16(28)22-5-6-27)11(31-18)8-25-10(3)23-14(20)15(25)21/h9,27H,5-8H2,1-4H3,(H,22,28). The molecule has 168 valence electrons. The molecule has 0 bridgehead atoms. The number of nitrogens with zero attached hydrogens (tertiary/aromatic N) is 4. The third kappa shape index (κ3) is 4.30. The number of imidazole rings is 1. The first-order valence-electron chi connectivity index (χ1n) is 9.60. The van der Waals surface area contributed by atoms with Gasteiger partial charge in [0.15, 0.2) is 5.15 Å². The van der Waals surface area contributed by atoms with Gasteiger partial charge in [-0.15, -0.1) is 11.3 Å². The van der Waals surface area contributed by atoms with Crippen LogP contribution in [-0.2, 0) is 20.1 Å². The van der Waals surface area contributed by atoms with Crippen molar-refractivity contribution in [1.82, 2.24) is 24.0 Å². The number of rotatable bonds is 7. The van der Waals surface area contributed by atoms with Crippen molar-refractivity contribution in [3.8, 4) is 0 Å². The molecular weight excluding hydrogens is 465 g/mol. The van der Waals surface area contributed by atoms with E-state index in [1.807, 2.05) is 13.8 Å². The number of aliphatic hydroxyl groups excluding tert-OH is 1. The molecule has 3 aromatic rings. The molecule has 9 nitrogen and oxygen atoms in total. The summed E-state index contributed by atoms with van der Waals surface area (Å²) >= 11 is 13.5. The Hall–Kier alpha value is -2.14. The number of thiophene rings is 1. The largest absolute Gasteiger partial charge is 0.395 e. The van der Waals surface area contributed by atoms with E-state index < -0.39 is 17.2 Å².